The summed E-state index contributed by atoms with van der Waals surface area (Å²) in [5, 5.41) is 25.8. The molecule has 0 saturated carbocycles. The van der Waals surface area contributed by atoms with Crippen LogP contribution in [0.5, 0.6) is 0 Å². The molecule has 1 aliphatic heterocycles. The number of aromatic nitrogens is 2. The highest BCUT2D eigenvalue weighted by Gasteiger charge is 2.17. The third-order valence-electron chi connectivity index (χ3n) is 6.16. The standard InChI is InChI=1S/2C13H13N3O5S2.C4H8O/c2*17-11(5-6-12(18)19)15-9-1-3-10(4-2-9)23(20,21)16-13-14-7-8-22-13;1-2-4-5-3-1/h2*1-4,7-8H,5-6H2,(H,14,16)(H,15,17)(H,18,19);1-4H2. The number of thiazole rings is 2. The van der Waals surface area contributed by atoms with Crippen molar-refractivity contribution >= 4 is 88.1 Å². The number of aliphatic carboxylic acids is 2. The Bertz CT molecular complexity index is 1790. The summed E-state index contributed by atoms with van der Waals surface area (Å²) in [5.41, 5.74) is 0.766. The number of benzene rings is 2. The van der Waals surface area contributed by atoms with Crippen LogP contribution in [-0.4, -0.2) is 74.0 Å². The van der Waals surface area contributed by atoms with E-state index in [-0.39, 0.29) is 45.7 Å². The summed E-state index contributed by atoms with van der Waals surface area (Å²) in [6.45, 7) is 2.00. The average Bonchev–Trinajstić information content (AvgIpc) is 3.90. The summed E-state index contributed by atoms with van der Waals surface area (Å²) in [5.74, 6) is -3.03. The van der Waals surface area contributed by atoms with E-state index in [4.69, 9.17) is 14.9 Å². The van der Waals surface area contributed by atoms with Gasteiger partial charge in [0.1, 0.15) is 0 Å². The topological polar surface area (TPSA) is 260 Å². The Kier molecular flexibility index (Phi) is 15.9. The lowest BCUT2D eigenvalue weighted by atomic mass is 10.2. The van der Waals surface area contributed by atoms with Gasteiger partial charge in [-0.1, -0.05) is 0 Å². The number of ether oxygens (including phenoxy) is 1. The van der Waals surface area contributed by atoms with Crippen molar-refractivity contribution in [1.82, 2.24) is 9.97 Å². The summed E-state index contributed by atoms with van der Waals surface area (Å²) in [6, 6.07) is 11.0. The third-order valence-corrected chi connectivity index (χ3v) is 10.5. The SMILES string of the molecule is C1CCOC1.O=C(O)CCC(=O)Nc1ccc(S(=O)(=O)Nc2nccs2)cc1.O=C(O)CCC(=O)Nc1ccc(S(=O)(=O)Nc2nccs2)cc1. The molecule has 0 aliphatic carbocycles. The number of anilines is 4. The monoisotopic (exact) mass is 782 g/mol. The van der Waals surface area contributed by atoms with Crippen LogP contribution in [0.3, 0.4) is 0 Å². The summed E-state index contributed by atoms with van der Waals surface area (Å²) >= 11 is 2.31. The van der Waals surface area contributed by atoms with Crippen LogP contribution in [0.25, 0.3) is 0 Å². The van der Waals surface area contributed by atoms with Crippen LogP contribution in [0.1, 0.15) is 38.5 Å². The van der Waals surface area contributed by atoms with E-state index >= 15 is 0 Å². The predicted octanol–water partition coefficient (Wildman–Crippen LogP) is 4.29. The van der Waals surface area contributed by atoms with Gasteiger partial charge in [-0.25, -0.2) is 26.8 Å². The molecule has 274 valence electrons. The van der Waals surface area contributed by atoms with Crippen molar-refractivity contribution in [3.8, 4) is 0 Å². The molecule has 2 amide bonds. The number of rotatable bonds is 14. The molecule has 1 fully saturated rings. The summed E-state index contributed by atoms with van der Waals surface area (Å²) in [6.07, 6.45) is 4.69. The fourth-order valence-corrected chi connectivity index (χ4v) is 7.31. The first-order chi connectivity index (χ1) is 24.2. The van der Waals surface area contributed by atoms with E-state index in [1.54, 1.807) is 10.8 Å². The first-order valence-electron chi connectivity index (χ1n) is 14.9. The van der Waals surface area contributed by atoms with Crippen LogP contribution >= 0.6 is 22.7 Å². The fourth-order valence-electron chi connectivity index (χ4n) is 3.73. The molecule has 4 aromatic rings. The molecular formula is C30H34N6O11S4. The number of hydrogen-bond acceptors (Lipinski definition) is 13. The number of carbonyl (C=O) groups excluding carboxylic acids is 2. The van der Waals surface area contributed by atoms with Gasteiger partial charge in [-0.3, -0.25) is 28.6 Å². The molecular weight excluding hydrogens is 749 g/mol. The molecule has 0 atom stereocenters. The molecule has 0 spiro atoms. The van der Waals surface area contributed by atoms with Crippen LogP contribution in [0.15, 0.2) is 81.5 Å². The smallest absolute Gasteiger partial charge is 0.303 e. The Morgan fingerprint density at radius 1 is 0.627 bits per heavy atom. The summed E-state index contributed by atoms with van der Waals surface area (Å²) in [7, 11) is -7.48. The van der Waals surface area contributed by atoms with Crippen molar-refractivity contribution in [2.75, 3.05) is 33.3 Å². The van der Waals surface area contributed by atoms with Crippen molar-refractivity contribution in [3.05, 3.63) is 71.7 Å². The molecule has 2 aromatic carbocycles. The molecule has 1 aliphatic rings. The second-order valence-electron chi connectivity index (χ2n) is 10.1. The number of amides is 2. The van der Waals surface area contributed by atoms with Crippen molar-refractivity contribution in [1.29, 1.82) is 0 Å². The fraction of sp³-hybridized carbons (Fsp3) is 0.267. The molecule has 0 radical (unpaired) electrons. The molecule has 6 N–H and O–H groups in total. The molecule has 17 nitrogen and oxygen atoms in total. The molecule has 21 heteroatoms. The number of hydrogen-bond donors (Lipinski definition) is 6. The largest absolute Gasteiger partial charge is 0.481 e. The zero-order valence-electron chi connectivity index (χ0n) is 26.7. The summed E-state index contributed by atoms with van der Waals surface area (Å²) < 4.78 is 58.1. The maximum atomic E-state index is 12.1. The third kappa shape index (κ3) is 15.2. The first kappa shape index (κ1) is 40.5. The van der Waals surface area contributed by atoms with Crippen molar-refractivity contribution in [2.24, 2.45) is 0 Å². The molecule has 3 heterocycles. The average molecular weight is 783 g/mol. The highest BCUT2D eigenvalue weighted by atomic mass is 32.2. The molecule has 5 rings (SSSR count). The lowest BCUT2D eigenvalue weighted by Gasteiger charge is -2.07. The number of carboxylic acid groups (broad SMARTS) is 2. The second-order valence-corrected chi connectivity index (χ2v) is 15.3. The van der Waals surface area contributed by atoms with Gasteiger partial charge >= 0.3 is 11.9 Å². The van der Waals surface area contributed by atoms with Crippen LogP contribution < -0.4 is 20.1 Å². The zero-order chi connectivity index (χ0) is 37.3. The maximum absolute atomic E-state index is 12.1. The van der Waals surface area contributed by atoms with Crippen LogP contribution in [0, 0.1) is 0 Å². The molecule has 0 unspecified atom stereocenters. The number of nitrogens with one attached hydrogen (secondary N) is 4. The maximum Gasteiger partial charge on any atom is 0.303 e. The summed E-state index contributed by atoms with van der Waals surface area (Å²) in [4.78, 5) is 51.5. The molecule has 0 bridgehead atoms. The van der Waals surface area contributed by atoms with Gasteiger partial charge < -0.3 is 25.6 Å². The van der Waals surface area contributed by atoms with Gasteiger partial charge in [-0.05, 0) is 61.4 Å². The van der Waals surface area contributed by atoms with Gasteiger partial charge in [-0.2, -0.15) is 0 Å². The predicted molar refractivity (Wildman–Crippen MR) is 190 cm³/mol. The quantitative estimate of drug-likeness (QED) is 0.104. The van der Waals surface area contributed by atoms with Gasteiger partial charge in [0.15, 0.2) is 10.3 Å². The molecule has 2 aromatic heterocycles. The van der Waals surface area contributed by atoms with Gasteiger partial charge in [0.2, 0.25) is 11.8 Å². The number of sulfonamides is 2. The number of carboxylic acids is 2. The van der Waals surface area contributed by atoms with Crippen LogP contribution in [-0.2, 0) is 44.0 Å². The minimum absolute atomic E-state index is 0.0243. The lowest BCUT2D eigenvalue weighted by molar-refractivity contribution is -0.138. The van der Waals surface area contributed by atoms with E-state index in [1.807, 2.05) is 0 Å². The van der Waals surface area contributed by atoms with E-state index < -0.39 is 43.8 Å². The first-order valence-corrected chi connectivity index (χ1v) is 19.6. The highest BCUT2D eigenvalue weighted by Crippen LogP contribution is 2.21. The van der Waals surface area contributed by atoms with Gasteiger partial charge in [-0.15, -0.1) is 22.7 Å². The van der Waals surface area contributed by atoms with Crippen LogP contribution in [0.4, 0.5) is 21.6 Å². The van der Waals surface area contributed by atoms with Crippen LogP contribution in [0.2, 0.25) is 0 Å². The second kappa shape index (κ2) is 20.0. The highest BCUT2D eigenvalue weighted by molar-refractivity contribution is 7.93. The minimum atomic E-state index is -3.74. The Balaban J connectivity index is 0.000000242. The Labute approximate surface area is 301 Å². The Morgan fingerprint density at radius 3 is 1.27 bits per heavy atom. The zero-order valence-corrected chi connectivity index (χ0v) is 29.9. The van der Waals surface area contributed by atoms with E-state index in [2.05, 4.69) is 30.0 Å². The van der Waals surface area contributed by atoms with E-state index in [9.17, 15) is 36.0 Å². The van der Waals surface area contributed by atoms with E-state index in [0.29, 0.717) is 11.4 Å². The number of carbonyl (C=O) groups is 4. The lowest BCUT2D eigenvalue weighted by Crippen LogP contribution is -2.14. The minimum Gasteiger partial charge on any atom is -0.481 e. The van der Waals surface area contributed by atoms with Gasteiger partial charge in [0.05, 0.1) is 22.6 Å². The Hall–Kier alpha value is -4.96. The van der Waals surface area contributed by atoms with Gasteiger partial charge in [0.25, 0.3) is 20.0 Å². The van der Waals surface area contributed by atoms with Gasteiger partial charge in [0, 0.05) is 60.6 Å². The normalized spacial score (nSPS) is 12.2. The molecule has 1 saturated heterocycles. The van der Waals surface area contributed by atoms with Crippen molar-refractivity contribution in [2.45, 2.75) is 48.3 Å². The number of nitrogens with zero attached hydrogens (tertiary/aromatic N) is 2. The van der Waals surface area contributed by atoms with Crippen molar-refractivity contribution in [3.63, 3.8) is 0 Å². The Morgan fingerprint density at radius 2 is 1.00 bits per heavy atom. The van der Waals surface area contributed by atoms with E-state index in [0.717, 1.165) is 35.9 Å². The van der Waals surface area contributed by atoms with Crippen molar-refractivity contribution < 1.29 is 51.0 Å². The van der Waals surface area contributed by atoms with E-state index in [1.165, 1.54) is 73.8 Å². The molecule has 51 heavy (non-hydrogen) atoms.